The second-order valence-corrected chi connectivity index (χ2v) is 6.77. The van der Waals surface area contributed by atoms with Crippen molar-refractivity contribution in [2.75, 3.05) is 24.4 Å². The van der Waals surface area contributed by atoms with Gasteiger partial charge in [0.25, 0.3) is 0 Å². The number of rotatable bonds is 8. The fourth-order valence-corrected chi connectivity index (χ4v) is 2.65. The van der Waals surface area contributed by atoms with E-state index in [0.29, 0.717) is 5.88 Å². The summed E-state index contributed by atoms with van der Waals surface area (Å²) in [6.07, 6.45) is 2.95. The number of anilines is 1. The molecular weight excluding hydrogens is 308 g/mol. The lowest BCUT2D eigenvalue weighted by Gasteiger charge is -2.19. The zero-order chi connectivity index (χ0) is 15.2. The molecule has 0 spiro atoms. The summed E-state index contributed by atoms with van der Waals surface area (Å²) < 4.78 is 47.3. The minimum atomic E-state index is -4.51. The molecule has 0 aromatic heterocycles. The molecule has 0 aliphatic carbocycles. The van der Waals surface area contributed by atoms with E-state index in [1.807, 2.05) is 11.9 Å². The van der Waals surface area contributed by atoms with Crippen molar-refractivity contribution in [1.29, 1.82) is 0 Å². The zero-order valence-corrected chi connectivity index (χ0v) is 12.8. The molecule has 0 saturated carbocycles. The third kappa shape index (κ3) is 4.59. The average molecular weight is 326 g/mol. The van der Waals surface area contributed by atoms with Gasteiger partial charge in [-0.2, -0.15) is 8.78 Å². The quantitative estimate of drug-likeness (QED) is 0.542. The minimum absolute atomic E-state index is 0.355. The van der Waals surface area contributed by atoms with E-state index in [4.69, 9.17) is 11.6 Å². The number of hydrogen-bond donors (Lipinski definition) is 0. The van der Waals surface area contributed by atoms with Crippen molar-refractivity contribution in [3.05, 3.63) is 24.3 Å². The highest BCUT2D eigenvalue weighted by molar-refractivity contribution is 7.91. The van der Waals surface area contributed by atoms with E-state index in [0.717, 1.165) is 31.5 Å². The van der Waals surface area contributed by atoms with Gasteiger partial charge in [0, 0.05) is 25.2 Å². The van der Waals surface area contributed by atoms with E-state index >= 15 is 0 Å². The molecule has 3 nitrogen and oxygen atoms in total. The molecule has 0 aliphatic heterocycles. The minimum Gasteiger partial charge on any atom is -0.375 e. The van der Waals surface area contributed by atoms with Crippen molar-refractivity contribution in [2.45, 2.75) is 29.9 Å². The monoisotopic (exact) mass is 325 g/mol. The Hall–Kier alpha value is -0.880. The lowest BCUT2D eigenvalue weighted by atomic mass is 10.2. The number of nitrogens with zero attached hydrogens (tertiary/aromatic N) is 1. The third-order valence-electron chi connectivity index (χ3n) is 2.97. The topological polar surface area (TPSA) is 37.4 Å². The highest BCUT2D eigenvalue weighted by atomic mass is 35.5. The number of hydrogen-bond acceptors (Lipinski definition) is 3. The first kappa shape index (κ1) is 17.2. The van der Waals surface area contributed by atoms with Gasteiger partial charge in [-0.25, -0.2) is 8.42 Å². The molecule has 0 bridgehead atoms. The van der Waals surface area contributed by atoms with Gasteiger partial charge in [0.05, 0.1) is 4.90 Å². The van der Waals surface area contributed by atoms with E-state index < -0.39 is 15.6 Å². The van der Waals surface area contributed by atoms with Crippen LogP contribution in [0.25, 0.3) is 0 Å². The molecule has 1 aromatic carbocycles. The maximum atomic E-state index is 12.4. The summed E-state index contributed by atoms with van der Waals surface area (Å²) in [6, 6.07) is 5.51. The number of sulfone groups is 1. The molecule has 0 amide bonds. The predicted molar refractivity (Wildman–Crippen MR) is 77.5 cm³/mol. The van der Waals surface area contributed by atoms with Gasteiger partial charge in [0.15, 0.2) is 0 Å². The van der Waals surface area contributed by atoms with Crippen LogP contribution in [0.1, 0.15) is 19.3 Å². The summed E-state index contributed by atoms with van der Waals surface area (Å²) in [7, 11) is -2.64. The predicted octanol–water partition coefficient (Wildman–Crippen LogP) is 3.53. The molecule has 114 valence electrons. The van der Waals surface area contributed by atoms with Crippen LogP contribution in [-0.4, -0.2) is 33.6 Å². The SMILES string of the molecule is CN(CCCCCCl)c1ccc(S(=O)(=O)C(F)F)cc1. The van der Waals surface area contributed by atoms with E-state index in [1.165, 1.54) is 24.3 Å². The average Bonchev–Trinajstić information content (AvgIpc) is 2.43. The van der Waals surface area contributed by atoms with E-state index in [2.05, 4.69) is 0 Å². The standard InChI is InChI=1S/C13H18ClF2NO2S/c1-17(10-4-2-3-9-14)11-5-7-12(8-6-11)20(18,19)13(15)16/h5-8,13H,2-4,9-10H2,1H3. The fourth-order valence-electron chi connectivity index (χ4n) is 1.74. The van der Waals surface area contributed by atoms with Crippen molar-refractivity contribution < 1.29 is 17.2 Å². The van der Waals surface area contributed by atoms with Crippen LogP contribution < -0.4 is 4.90 Å². The molecule has 0 unspecified atom stereocenters. The normalized spacial score (nSPS) is 11.8. The van der Waals surface area contributed by atoms with Crippen molar-refractivity contribution >= 4 is 27.1 Å². The lowest BCUT2D eigenvalue weighted by Crippen LogP contribution is -2.18. The summed E-state index contributed by atoms with van der Waals surface area (Å²) in [5.41, 5.74) is 0.795. The van der Waals surface area contributed by atoms with Crippen LogP contribution in [0.4, 0.5) is 14.5 Å². The van der Waals surface area contributed by atoms with Crippen molar-refractivity contribution in [2.24, 2.45) is 0 Å². The first-order chi connectivity index (χ1) is 9.39. The summed E-state index contributed by atoms with van der Waals surface area (Å²) in [5, 5.41) is 0. The number of halogens is 3. The third-order valence-corrected chi connectivity index (χ3v) is 4.63. The summed E-state index contributed by atoms with van der Waals surface area (Å²) in [6.45, 7) is 0.803. The van der Waals surface area contributed by atoms with Crippen LogP contribution in [0.2, 0.25) is 0 Å². The molecule has 7 heteroatoms. The molecule has 0 aliphatic rings. The fraction of sp³-hybridized carbons (Fsp3) is 0.538. The van der Waals surface area contributed by atoms with Gasteiger partial charge in [-0.15, -0.1) is 11.6 Å². The molecule has 0 fully saturated rings. The Labute approximate surface area is 123 Å². The molecular formula is C13H18ClF2NO2S. The van der Waals surface area contributed by atoms with Crippen molar-refractivity contribution in [3.8, 4) is 0 Å². The van der Waals surface area contributed by atoms with Gasteiger partial charge in [0.1, 0.15) is 0 Å². The molecule has 20 heavy (non-hydrogen) atoms. The second-order valence-electron chi connectivity index (χ2n) is 4.47. The molecule has 0 saturated heterocycles. The Kier molecular flexibility index (Phi) is 6.68. The van der Waals surface area contributed by atoms with Gasteiger partial charge >= 0.3 is 5.76 Å². The Bertz CT molecular complexity index is 506. The number of alkyl halides is 3. The Morgan fingerprint density at radius 1 is 1.15 bits per heavy atom. The van der Waals surface area contributed by atoms with Gasteiger partial charge in [-0.05, 0) is 37.1 Å². The molecule has 0 heterocycles. The summed E-state index contributed by atoms with van der Waals surface area (Å²) >= 11 is 5.59. The largest absolute Gasteiger partial charge is 0.375 e. The van der Waals surface area contributed by atoms with Crippen molar-refractivity contribution in [1.82, 2.24) is 0 Å². The number of unbranched alkanes of at least 4 members (excludes halogenated alkanes) is 2. The molecule has 1 aromatic rings. The highest BCUT2D eigenvalue weighted by Crippen LogP contribution is 2.21. The zero-order valence-electron chi connectivity index (χ0n) is 11.2. The van der Waals surface area contributed by atoms with Crippen LogP contribution in [0.15, 0.2) is 29.2 Å². The summed E-state index contributed by atoms with van der Waals surface area (Å²) in [4.78, 5) is 1.60. The van der Waals surface area contributed by atoms with E-state index in [1.54, 1.807) is 0 Å². The van der Waals surface area contributed by atoms with E-state index in [9.17, 15) is 17.2 Å². The van der Waals surface area contributed by atoms with Crippen LogP contribution in [0.5, 0.6) is 0 Å². The summed E-state index contributed by atoms with van der Waals surface area (Å²) in [5.74, 6) is -2.74. The van der Waals surface area contributed by atoms with Crippen LogP contribution in [0, 0.1) is 0 Å². The lowest BCUT2D eigenvalue weighted by molar-refractivity contribution is 0.234. The van der Waals surface area contributed by atoms with E-state index in [-0.39, 0.29) is 4.90 Å². The molecule has 0 radical (unpaired) electrons. The van der Waals surface area contributed by atoms with Crippen LogP contribution >= 0.6 is 11.6 Å². The van der Waals surface area contributed by atoms with Gasteiger partial charge in [-0.1, -0.05) is 6.42 Å². The van der Waals surface area contributed by atoms with Gasteiger partial charge in [-0.3, -0.25) is 0 Å². The smallest absolute Gasteiger partial charge is 0.341 e. The molecule has 0 N–H and O–H groups in total. The van der Waals surface area contributed by atoms with Crippen LogP contribution in [-0.2, 0) is 9.84 Å². The van der Waals surface area contributed by atoms with Crippen molar-refractivity contribution in [3.63, 3.8) is 0 Å². The van der Waals surface area contributed by atoms with Gasteiger partial charge < -0.3 is 4.90 Å². The number of benzene rings is 1. The Morgan fingerprint density at radius 2 is 1.75 bits per heavy atom. The first-order valence-corrected chi connectivity index (χ1v) is 8.37. The Balaban J connectivity index is 2.67. The molecule has 1 rings (SSSR count). The Morgan fingerprint density at radius 3 is 2.25 bits per heavy atom. The highest BCUT2D eigenvalue weighted by Gasteiger charge is 2.26. The first-order valence-electron chi connectivity index (χ1n) is 6.29. The van der Waals surface area contributed by atoms with Gasteiger partial charge in [0.2, 0.25) is 9.84 Å². The second kappa shape index (κ2) is 7.78. The maximum Gasteiger partial charge on any atom is 0.341 e. The molecule has 0 atom stereocenters. The maximum absolute atomic E-state index is 12.4. The van der Waals surface area contributed by atoms with Crippen LogP contribution in [0.3, 0.4) is 0 Å².